The highest BCUT2D eigenvalue weighted by Crippen LogP contribution is 2.30. The highest BCUT2D eigenvalue weighted by Gasteiger charge is 2.29. The molecule has 0 amide bonds. The molecule has 1 aliphatic rings. The van der Waals surface area contributed by atoms with Crippen LogP contribution in [0.15, 0.2) is 0 Å². The minimum atomic E-state index is 0.611. The van der Waals surface area contributed by atoms with Gasteiger partial charge in [0, 0.05) is 38.3 Å². The Balaban J connectivity index is 2.20. The molecule has 1 unspecified atom stereocenters. The molecule has 0 aliphatic carbocycles. The molecule has 5 heteroatoms. The van der Waals surface area contributed by atoms with Crippen LogP contribution >= 0.6 is 0 Å². The normalized spacial score (nSPS) is 19.0. The minimum absolute atomic E-state index is 0.611. The van der Waals surface area contributed by atoms with Crippen molar-refractivity contribution >= 4 is 5.82 Å². The molecule has 1 aliphatic heterocycles. The highest BCUT2D eigenvalue weighted by molar-refractivity contribution is 5.52. The van der Waals surface area contributed by atoms with Crippen LogP contribution in [-0.2, 0) is 13.6 Å². The Morgan fingerprint density at radius 1 is 1.38 bits per heavy atom. The molecular formula is C16H31N5. The van der Waals surface area contributed by atoms with Gasteiger partial charge in [0.25, 0.3) is 0 Å². The van der Waals surface area contributed by atoms with E-state index >= 15 is 0 Å². The summed E-state index contributed by atoms with van der Waals surface area (Å²) in [4.78, 5) is 4.87. The van der Waals surface area contributed by atoms with Crippen LogP contribution in [0.3, 0.4) is 0 Å². The zero-order valence-electron chi connectivity index (χ0n) is 14.3. The summed E-state index contributed by atoms with van der Waals surface area (Å²) in [7, 11) is 6.40. The summed E-state index contributed by atoms with van der Waals surface area (Å²) >= 11 is 0. The first kappa shape index (κ1) is 16.3. The van der Waals surface area contributed by atoms with Crippen LogP contribution in [0.1, 0.15) is 37.4 Å². The molecule has 1 fully saturated rings. The lowest BCUT2D eigenvalue weighted by atomic mass is 10.2. The summed E-state index contributed by atoms with van der Waals surface area (Å²) in [5, 5.41) is 8.20. The van der Waals surface area contributed by atoms with E-state index in [1.54, 1.807) is 0 Å². The van der Waals surface area contributed by atoms with Gasteiger partial charge < -0.3 is 15.1 Å². The first-order chi connectivity index (χ1) is 10.0. The molecule has 21 heavy (non-hydrogen) atoms. The van der Waals surface area contributed by atoms with Gasteiger partial charge in [0.1, 0.15) is 5.82 Å². The summed E-state index contributed by atoms with van der Waals surface area (Å²) in [6, 6.07) is 0.611. The average molecular weight is 293 g/mol. The number of anilines is 1. The lowest BCUT2D eigenvalue weighted by molar-refractivity contribution is 0.370. The molecule has 5 nitrogen and oxygen atoms in total. The number of hydrogen-bond acceptors (Lipinski definition) is 4. The SMILES string of the molecule is CCCNCc1c(C)nn(C)c1N1CCCC1CN(C)C. The molecule has 0 bridgehead atoms. The van der Waals surface area contributed by atoms with Crippen molar-refractivity contribution in [1.29, 1.82) is 0 Å². The van der Waals surface area contributed by atoms with Gasteiger partial charge in [-0.25, -0.2) is 0 Å². The van der Waals surface area contributed by atoms with Crippen molar-refractivity contribution in [2.75, 3.05) is 38.6 Å². The molecule has 2 heterocycles. The van der Waals surface area contributed by atoms with Crippen molar-refractivity contribution in [3.05, 3.63) is 11.3 Å². The Labute approximate surface area is 129 Å². The van der Waals surface area contributed by atoms with Crippen LogP contribution in [0.5, 0.6) is 0 Å². The average Bonchev–Trinajstić information content (AvgIpc) is 2.94. The quantitative estimate of drug-likeness (QED) is 0.777. The predicted octanol–water partition coefficient (Wildman–Crippen LogP) is 1.76. The molecule has 120 valence electrons. The van der Waals surface area contributed by atoms with E-state index in [1.807, 2.05) is 0 Å². The maximum Gasteiger partial charge on any atom is 0.131 e. The topological polar surface area (TPSA) is 36.3 Å². The smallest absolute Gasteiger partial charge is 0.131 e. The van der Waals surface area contributed by atoms with Gasteiger partial charge in [-0.3, -0.25) is 4.68 Å². The first-order valence-electron chi connectivity index (χ1n) is 8.19. The molecule has 2 rings (SSSR count). The van der Waals surface area contributed by atoms with Gasteiger partial charge in [0.2, 0.25) is 0 Å². The van der Waals surface area contributed by atoms with Gasteiger partial charge >= 0.3 is 0 Å². The summed E-state index contributed by atoms with van der Waals surface area (Å²) in [5.41, 5.74) is 2.53. The zero-order valence-corrected chi connectivity index (χ0v) is 14.3. The van der Waals surface area contributed by atoms with Crippen molar-refractivity contribution in [1.82, 2.24) is 20.0 Å². The maximum absolute atomic E-state index is 4.67. The molecule has 1 aromatic heterocycles. The molecule has 1 atom stereocenters. The van der Waals surface area contributed by atoms with E-state index in [0.29, 0.717) is 6.04 Å². The third-order valence-electron chi connectivity index (χ3n) is 4.27. The molecule has 1 N–H and O–H groups in total. The van der Waals surface area contributed by atoms with E-state index < -0.39 is 0 Å². The second-order valence-electron chi connectivity index (χ2n) is 6.44. The summed E-state index contributed by atoms with van der Waals surface area (Å²) in [6.07, 6.45) is 3.73. The third kappa shape index (κ3) is 3.77. The second kappa shape index (κ2) is 7.27. The third-order valence-corrected chi connectivity index (χ3v) is 4.27. The van der Waals surface area contributed by atoms with E-state index in [-0.39, 0.29) is 0 Å². The standard InChI is InChI=1S/C16H31N5/c1-6-9-17-11-15-13(2)18-20(5)16(15)21-10-7-8-14(21)12-19(3)4/h14,17H,6-12H2,1-5H3. The number of aromatic nitrogens is 2. The van der Waals surface area contributed by atoms with Crippen LogP contribution in [0.4, 0.5) is 5.82 Å². The Morgan fingerprint density at radius 2 is 2.14 bits per heavy atom. The van der Waals surface area contributed by atoms with Gasteiger partial charge in [0.05, 0.1) is 5.69 Å². The molecular weight excluding hydrogens is 262 g/mol. The van der Waals surface area contributed by atoms with E-state index in [2.05, 4.69) is 59.9 Å². The Morgan fingerprint density at radius 3 is 2.81 bits per heavy atom. The molecule has 0 spiro atoms. The lowest BCUT2D eigenvalue weighted by Crippen LogP contribution is -2.39. The monoisotopic (exact) mass is 293 g/mol. The van der Waals surface area contributed by atoms with Gasteiger partial charge in [-0.05, 0) is 46.8 Å². The number of hydrogen-bond donors (Lipinski definition) is 1. The van der Waals surface area contributed by atoms with Gasteiger partial charge in [-0.15, -0.1) is 0 Å². The van der Waals surface area contributed by atoms with Crippen LogP contribution < -0.4 is 10.2 Å². The fourth-order valence-corrected chi connectivity index (χ4v) is 3.37. The second-order valence-corrected chi connectivity index (χ2v) is 6.44. The van der Waals surface area contributed by atoms with Crippen molar-refractivity contribution < 1.29 is 0 Å². The van der Waals surface area contributed by atoms with Crippen LogP contribution in [0, 0.1) is 6.92 Å². The van der Waals surface area contributed by atoms with E-state index in [4.69, 9.17) is 0 Å². The van der Waals surface area contributed by atoms with E-state index in [1.165, 1.54) is 30.6 Å². The molecule has 0 radical (unpaired) electrons. The van der Waals surface area contributed by atoms with Crippen molar-refractivity contribution in [3.8, 4) is 0 Å². The van der Waals surface area contributed by atoms with Crippen molar-refractivity contribution in [2.24, 2.45) is 7.05 Å². The van der Waals surface area contributed by atoms with Crippen LogP contribution in [-0.4, -0.2) is 54.5 Å². The molecule has 1 saturated heterocycles. The first-order valence-corrected chi connectivity index (χ1v) is 8.19. The number of nitrogens with one attached hydrogen (secondary N) is 1. The minimum Gasteiger partial charge on any atom is -0.352 e. The largest absolute Gasteiger partial charge is 0.352 e. The molecule has 1 aromatic rings. The van der Waals surface area contributed by atoms with E-state index in [0.717, 1.165) is 31.9 Å². The summed E-state index contributed by atoms with van der Waals surface area (Å²) in [5.74, 6) is 1.32. The molecule has 0 saturated carbocycles. The predicted molar refractivity (Wildman–Crippen MR) is 88.9 cm³/mol. The number of aryl methyl sites for hydroxylation is 2. The van der Waals surface area contributed by atoms with Gasteiger partial charge in [-0.1, -0.05) is 6.92 Å². The van der Waals surface area contributed by atoms with Crippen LogP contribution in [0.2, 0.25) is 0 Å². The number of nitrogens with zero attached hydrogens (tertiary/aromatic N) is 4. The van der Waals surface area contributed by atoms with Gasteiger partial charge in [-0.2, -0.15) is 5.10 Å². The summed E-state index contributed by atoms with van der Waals surface area (Å²) < 4.78 is 2.08. The van der Waals surface area contributed by atoms with E-state index in [9.17, 15) is 0 Å². The van der Waals surface area contributed by atoms with Crippen LogP contribution in [0.25, 0.3) is 0 Å². The van der Waals surface area contributed by atoms with Gasteiger partial charge in [0.15, 0.2) is 0 Å². The fourth-order valence-electron chi connectivity index (χ4n) is 3.37. The van der Waals surface area contributed by atoms with Crippen molar-refractivity contribution in [3.63, 3.8) is 0 Å². The summed E-state index contributed by atoms with van der Waals surface area (Å²) in [6.45, 7) is 8.59. The Kier molecular flexibility index (Phi) is 5.65. The Bertz CT molecular complexity index is 452. The molecule has 0 aromatic carbocycles. The lowest BCUT2D eigenvalue weighted by Gasteiger charge is -2.30. The Hall–Kier alpha value is -1.07. The van der Waals surface area contributed by atoms with Crippen molar-refractivity contribution in [2.45, 2.75) is 45.7 Å². The number of rotatable bonds is 7. The zero-order chi connectivity index (χ0) is 15.4. The highest BCUT2D eigenvalue weighted by atomic mass is 15.4. The number of likely N-dealkylation sites (N-methyl/N-ethyl adjacent to an activating group) is 1. The maximum atomic E-state index is 4.67. The fraction of sp³-hybridized carbons (Fsp3) is 0.812.